The molecule has 356 valence electrons. The molecule has 2 aliphatic heterocycles. The molecule has 7 aromatic carbocycles. The number of hydrogen-bond acceptors (Lipinski definition) is 6. The number of fused-ring (bicyclic) bond motifs is 4. The van der Waals surface area contributed by atoms with Gasteiger partial charge in [0, 0.05) is 34.6 Å². The van der Waals surface area contributed by atoms with Gasteiger partial charge in [-0.3, -0.25) is 0 Å². The average Bonchev–Trinajstić information content (AvgIpc) is 3.39. The van der Waals surface area contributed by atoms with Crippen LogP contribution in [0.4, 0.5) is 34.1 Å². The van der Waals surface area contributed by atoms with Gasteiger partial charge in [-0.1, -0.05) is 41.9 Å². The van der Waals surface area contributed by atoms with Crippen LogP contribution in [0.1, 0.15) is 117 Å². The molecule has 0 aliphatic carbocycles. The van der Waals surface area contributed by atoms with Crippen molar-refractivity contribution in [2.45, 2.75) is 124 Å². The number of halogens is 1. The molecule has 3 heterocycles. The minimum atomic E-state index is 0.466. The first-order valence-corrected chi connectivity index (χ1v) is 25.3. The van der Waals surface area contributed by atoms with Crippen LogP contribution >= 0.6 is 11.6 Å². The Bertz CT molecular complexity index is 3550. The van der Waals surface area contributed by atoms with Crippen molar-refractivity contribution in [3.63, 3.8) is 0 Å². The summed E-state index contributed by atoms with van der Waals surface area (Å²) < 4.78 is 0. The second-order valence-electron chi connectivity index (χ2n) is 20.5. The topological polar surface area (TPSA) is 68.9 Å². The molecule has 7 heteroatoms. The van der Waals surface area contributed by atoms with Crippen LogP contribution in [-0.4, -0.2) is 15.0 Å². The zero-order chi connectivity index (χ0) is 50.8. The molecule has 0 N–H and O–H groups in total. The molecule has 6 nitrogen and oxygen atoms in total. The third-order valence-corrected chi connectivity index (χ3v) is 17.7. The summed E-state index contributed by atoms with van der Waals surface area (Å²) in [6.45, 7) is 36.2. The van der Waals surface area contributed by atoms with Gasteiger partial charge >= 0.3 is 0 Å². The van der Waals surface area contributed by atoms with Crippen molar-refractivity contribution < 1.29 is 0 Å². The first kappa shape index (κ1) is 47.6. The van der Waals surface area contributed by atoms with Gasteiger partial charge in [0.2, 0.25) is 0 Å². The van der Waals surface area contributed by atoms with E-state index in [4.69, 9.17) is 26.6 Å². The van der Waals surface area contributed by atoms with Crippen LogP contribution in [-0.2, 0) is 12.8 Å². The first-order chi connectivity index (χ1) is 33.8. The highest BCUT2D eigenvalue weighted by molar-refractivity contribution is 6.31. The second kappa shape index (κ2) is 17.4. The van der Waals surface area contributed by atoms with Crippen molar-refractivity contribution in [2.75, 3.05) is 9.80 Å². The number of benzene rings is 7. The van der Waals surface area contributed by atoms with E-state index in [1.807, 2.05) is 54.6 Å². The van der Waals surface area contributed by atoms with Crippen molar-refractivity contribution in [1.82, 2.24) is 15.0 Å². The van der Waals surface area contributed by atoms with Gasteiger partial charge in [0.15, 0.2) is 17.5 Å². The molecule has 0 saturated carbocycles. The summed E-state index contributed by atoms with van der Waals surface area (Å²) in [7, 11) is 0. The Balaban J connectivity index is 1.31. The summed E-state index contributed by atoms with van der Waals surface area (Å²) >= 11 is 7.16. The Morgan fingerprint density at radius 3 is 1.11 bits per heavy atom. The summed E-state index contributed by atoms with van der Waals surface area (Å²) in [4.78, 5) is 21.4. The maximum absolute atomic E-state index is 10.7. The lowest BCUT2D eigenvalue weighted by atomic mass is 9.80. The van der Waals surface area contributed by atoms with E-state index in [2.05, 4.69) is 139 Å². The molecule has 0 unspecified atom stereocenters. The molecule has 8 aromatic rings. The fraction of sp³-hybridized carbons (Fsp3) is 0.281. The molecule has 0 bridgehead atoms. The molecule has 0 amide bonds. The number of hydrogen-bond donors (Lipinski definition) is 0. The van der Waals surface area contributed by atoms with Gasteiger partial charge in [-0.25, -0.2) is 15.0 Å². The highest BCUT2D eigenvalue weighted by atomic mass is 35.5. The lowest BCUT2D eigenvalue weighted by molar-refractivity contribution is 0.992. The van der Waals surface area contributed by atoms with E-state index in [0.717, 1.165) is 40.9 Å². The standard InChI is InChI=1S/C64H63ClN6/c1-31-35(5)43(13)58-50(39(31)9)28-51-40(10)32(2)36(6)44(14)59(51)70(58)56-24-22-47(30-66)26-54(56)63-67-62(48-20-18-17-19-21-48)68-64(69-63)55-27-49(65)23-25-57(55)71-60-45(15)37(7)33(3)41(11)52(60)29-53-42(12)34(4)38(8)46(16)61(53)71/h17-27H,28-29H2,1-16H3. The predicted octanol–water partition coefficient (Wildman–Crippen LogP) is 17.1. The normalized spacial score (nSPS) is 12.7. The van der Waals surface area contributed by atoms with Crippen LogP contribution in [0.3, 0.4) is 0 Å². The maximum atomic E-state index is 10.7. The van der Waals surface area contributed by atoms with Crippen LogP contribution in [0.5, 0.6) is 0 Å². The van der Waals surface area contributed by atoms with E-state index in [1.165, 1.54) is 134 Å². The van der Waals surface area contributed by atoms with E-state index in [9.17, 15) is 5.26 Å². The molecule has 71 heavy (non-hydrogen) atoms. The highest BCUT2D eigenvalue weighted by Crippen LogP contribution is 2.56. The minimum Gasteiger partial charge on any atom is -0.309 e. The first-order valence-electron chi connectivity index (χ1n) is 24.9. The van der Waals surface area contributed by atoms with Crippen molar-refractivity contribution in [1.29, 1.82) is 5.26 Å². The number of anilines is 6. The Hall–Kier alpha value is -7.07. The SMILES string of the molecule is Cc1c(C)c(C)c2c(c1C)Cc1c(C)c(C)c(C)c(C)c1N2c1ccc(Cl)cc1-c1nc(-c2ccccc2)nc(-c2cc(C#N)ccc2N2c3c(C)c(C)c(C)c(C)c3Cc3c(C)c(C)c(C)c(C)c32)n1. The lowest BCUT2D eigenvalue weighted by Gasteiger charge is -2.40. The molecular formula is C64H63ClN6. The average molecular weight is 952 g/mol. The molecule has 2 aliphatic rings. The van der Waals surface area contributed by atoms with Gasteiger partial charge < -0.3 is 9.80 Å². The fourth-order valence-electron chi connectivity index (χ4n) is 11.8. The lowest BCUT2D eigenvalue weighted by Crippen LogP contribution is -2.25. The predicted molar refractivity (Wildman–Crippen MR) is 297 cm³/mol. The van der Waals surface area contributed by atoms with Crippen molar-refractivity contribution in [3.8, 4) is 40.2 Å². The Kier molecular flexibility index (Phi) is 11.6. The zero-order valence-electron chi connectivity index (χ0n) is 44.3. The third kappa shape index (κ3) is 7.14. The van der Waals surface area contributed by atoms with Gasteiger partial charge in [-0.05, 0) is 258 Å². The van der Waals surface area contributed by atoms with Crippen LogP contribution in [0.2, 0.25) is 5.02 Å². The van der Waals surface area contributed by atoms with E-state index >= 15 is 0 Å². The fourth-order valence-corrected chi connectivity index (χ4v) is 12.0. The van der Waals surface area contributed by atoms with Crippen LogP contribution in [0.25, 0.3) is 34.2 Å². The van der Waals surface area contributed by atoms with Gasteiger partial charge in [-0.2, -0.15) is 5.26 Å². The van der Waals surface area contributed by atoms with Crippen LogP contribution in [0.15, 0.2) is 66.7 Å². The largest absolute Gasteiger partial charge is 0.309 e. The molecule has 0 fully saturated rings. The maximum Gasteiger partial charge on any atom is 0.166 e. The molecule has 10 rings (SSSR count). The number of nitrogens with zero attached hydrogens (tertiary/aromatic N) is 6. The van der Waals surface area contributed by atoms with E-state index < -0.39 is 0 Å². The molecule has 0 atom stereocenters. The second-order valence-corrected chi connectivity index (χ2v) is 20.9. The molecule has 0 spiro atoms. The van der Waals surface area contributed by atoms with Gasteiger partial charge in [0.05, 0.1) is 45.8 Å². The Morgan fingerprint density at radius 2 is 0.732 bits per heavy atom. The minimum absolute atomic E-state index is 0.466. The smallest absolute Gasteiger partial charge is 0.166 e. The molecule has 0 radical (unpaired) electrons. The third-order valence-electron chi connectivity index (χ3n) is 17.4. The number of aromatic nitrogens is 3. The summed E-state index contributed by atoms with van der Waals surface area (Å²) in [5.41, 5.74) is 35.4. The van der Waals surface area contributed by atoms with Crippen molar-refractivity contribution >= 4 is 45.7 Å². The van der Waals surface area contributed by atoms with Crippen LogP contribution in [0, 0.1) is 122 Å². The Labute approximate surface area is 426 Å². The highest BCUT2D eigenvalue weighted by Gasteiger charge is 2.37. The summed E-state index contributed by atoms with van der Waals surface area (Å²) in [6, 6.07) is 24.8. The number of rotatable bonds is 5. The van der Waals surface area contributed by atoms with Crippen molar-refractivity contribution in [2.24, 2.45) is 0 Å². The van der Waals surface area contributed by atoms with Crippen LogP contribution < -0.4 is 9.80 Å². The summed E-state index contributed by atoms with van der Waals surface area (Å²) in [5, 5.41) is 11.3. The monoisotopic (exact) mass is 950 g/mol. The zero-order valence-corrected chi connectivity index (χ0v) is 45.1. The number of nitriles is 1. The summed E-state index contributed by atoms with van der Waals surface area (Å²) in [5.74, 6) is 1.48. The Morgan fingerprint density at radius 1 is 0.394 bits per heavy atom. The van der Waals surface area contributed by atoms with E-state index in [1.54, 1.807) is 0 Å². The van der Waals surface area contributed by atoms with Gasteiger partial charge in [0.25, 0.3) is 0 Å². The van der Waals surface area contributed by atoms with Gasteiger partial charge in [-0.15, -0.1) is 0 Å². The van der Waals surface area contributed by atoms with E-state index in [-0.39, 0.29) is 0 Å². The van der Waals surface area contributed by atoms with Gasteiger partial charge in [0.1, 0.15) is 0 Å². The quantitative estimate of drug-likeness (QED) is 0.171. The van der Waals surface area contributed by atoms with Crippen molar-refractivity contribution in [3.05, 3.63) is 189 Å². The molecule has 0 saturated heterocycles. The summed E-state index contributed by atoms with van der Waals surface area (Å²) in [6.07, 6.45) is 1.68. The molecule has 1 aromatic heterocycles. The molecular weight excluding hydrogens is 888 g/mol. The van der Waals surface area contributed by atoms with E-state index in [0.29, 0.717) is 28.1 Å².